The van der Waals surface area contributed by atoms with Crippen molar-refractivity contribution < 1.29 is 28.1 Å². The van der Waals surface area contributed by atoms with Crippen LogP contribution in [-0.4, -0.2) is 42.1 Å². The van der Waals surface area contributed by atoms with Crippen molar-refractivity contribution in [2.24, 2.45) is 17.8 Å². The number of hydrogen-bond donors (Lipinski definition) is 2. The largest absolute Gasteiger partial charge is 0.573 e. The summed E-state index contributed by atoms with van der Waals surface area (Å²) in [4.78, 5) is 1.95. The maximum absolute atomic E-state index is 12.8. The highest BCUT2D eigenvalue weighted by molar-refractivity contribution is 5.44. The Morgan fingerprint density at radius 2 is 2.00 bits per heavy atom. The van der Waals surface area contributed by atoms with Gasteiger partial charge in [0.15, 0.2) is 0 Å². The molecule has 1 aromatic carbocycles. The molecule has 25 heavy (non-hydrogen) atoms. The van der Waals surface area contributed by atoms with Gasteiger partial charge in [-0.25, -0.2) is 0 Å². The second kappa shape index (κ2) is 6.36. The highest BCUT2D eigenvalue weighted by Crippen LogP contribution is 2.56. The lowest BCUT2D eigenvalue weighted by molar-refractivity contribution is -0.275. The Hall–Kier alpha value is -1.47. The summed E-state index contributed by atoms with van der Waals surface area (Å²) in [5.74, 6) is -0.280. The van der Waals surface area contributed by atoms with Gasteiger partial charge >= 0.3 is 6.36 Å². The maximum Gasteiger partial charge on any atom is 0.573 e. The summed E-state index contributed by atoms with van der Waals surface area (Å²) in [5, 5.41) is 21.4. The Kier molecular flexibility index (Phi) is 4.66. The van der Waals surface area contributed by atoms with Crippen LogP contribution >= 0.6 is 0 Å². The fourth-order valence-electron chi connectivity index (χ4n) is 4.72. The van der Waals surface area contributed by atoms with Crippen molar-refractivity contribution in [2.75, 3.05) is 20.6 Å². The molecule has 0 heterocycles. The van der Waals surface area contributed by atoms with Gasteiger partial charge in [0.2, 0.25) is 0 Å². The third-order valence-corrected chi connectivity index (χ3v) is 5.58. The number of fused-ring (bicyclic) bond motifs is 2. The Morgan fingerprint density at radius 1 is 1.28 bits per heavy atom. The van der Waals surface area contributed by atoms with Crippen LogP contribution in [-0.2, 0) is 5.60 Å². The van der Waals surface area contributed by atoms with Crippen LogP contribution in [0.3, 0.4) is 0 Å². The fraction of sp³-hybridized carbons (Fsp3) is 0.667. The van der Waals surface area contributed by atoms with E-state index in [1.165, 1.54) is 6.07 Å². The molecule has 0 aromatic heterocycles. The molecular weight excluding hydrogens is 335 g/mol. The van der Waals surface area contributed by atoms with Gasteiger partial charge in [0, 0.05) is 18.0 Å². The number of ether oxygens (including phenoxy) is 1. The molecule has 7 heteroatoms. The van der Waals surface area contributed by atoms with E-state index in [4.69, 9.17) is 0 Å². The number of phenolic OH excluding ortho intramolecular Hbond substituents is 1. The van der Waals surface area contributed by atoms with Crippen molar-refractivity contribution in [3.8, 4) is 11.5 Å². The van der Waals surface area contributed by atoms with Gasteiger partial charge in [-0.1, -0.05) is 6.42 Å². The van der Waals surface area contributed by atoms with Crippen molar-refractivity contribution in [3.63, 3.8) is 0 Å². The van der Waals surface area contributed by atoms with E-state index < -0.39 is 17.7 Å². The predicted molar refractivity (Wildman–Crippen MR) is 86.2 cm³/mol. The van der Waals surface area contributed by atoms with Gasteiger partial charge in [0.25, 0.3) is 0 Å². The standard InChI is InChI=1S/C18H24F3NO3/c1-22(2)10-15-12-4-3-11(7-12)9-17(15,24)14-8-13(23)5-6-16(14)25-18(19,20)21/h5-6,8,11-12,15,23-24H,3-4,7,9-10H2,1-2H3/t11-,12-,15+,17+/m1/s1. The number of hydrogen-bond acceptors (Lipinski definition) is 4. The Bertz CT molecular complexity index is 634. The Labute approximate surface area is 145 Å². The second-order valence-corrected chi connectivity index (χ2v) is 7.66. The molecule has 4 nitrogen and oxygen atoms in total. The van der Waals surface area contributed by atoms with E-state index in [0.717, 1.165) is 31.4 Å². The van der Waals surface area contributed by atoms with Crippen LogP contribution in [0.5, 0.6) is 11.5 Å². The first-order chi connectivity index (χ1) is 11.6. The van der Waals surface area contributed by atoms with Gasteiger partial charge < -0.3 is 19.8 Å². The normalized spacial score (nSPS) is 32.2. The summed E-state index contributed by atoms with van der Waals surface area (Å²) in [7, 11) is 3.77. The fourth-order valence-corrected chi connectivity index (χ4v) is 4.72. The molecule has 140 valence electrons. The minimum absolute atomic E-state index is 0.0354. The van der Waals surface area contributed by atoms with Crippen LogP contribution in [0.15, 0.2) is 18.2 Å². The smallest absolute Gasteiger partial charge is 0.508 e. The number of benzene rings is 1. The Balaban J connectivity index is 2.06. The first-order valence-corrected chi connectivity index (χ1v) is 8.55. The van der Waals surface area contributed by atoms with Gasteiger partial charge in [0.05, 0.1) is 5.60 Å². The molecule has 1 aromatic rings. The van der Waals surface area contributed by atoms with E-state index in [0.29, 0.717) is 13.0 Å². The van der Waals surface area contributed by atoms with Crippen molar-refractivity contribution in [3.05, 3.63) is 23.8 Å². The molecule has 3 rings (SSSR count). The van der Waals surface area contributed by atoms with E-state index in [-0.39, 0.29) is 29.1 Å². The lowest BCUT2D eigenvalue weighted by Gasteiger charge is -2.46. The molecule has 0 saturated heterocycles. The SMILES string of the molecule is CN(C)C[C@H]1[C@@H]2CC[C@H](C2)C[C@]1(O)c1cc(O)ccc1OC(F)(F)F. The topological polar surface area (TPSA) is 52.9 Å². The molecule has 0 spiro atoms. The summed E-state index contributed by atoms with van der Waals surface area (Å²) in [6.45, 7) is 0.564. The molecule has 2 aliphatic rings. The van der Waals surface area contributed by atoms with E-state index in [9.17, 15) is 23.4 Å². The van der Waals surface area contributed by atoms with E-state index in [2.05, 4.69) is 4.74 Å². The molecule has 2 aliphatic carbocycles. The minimum Gasteiger partial charge on any atom is -0.508 e. The molecule has 2 N–H and O–H groups in total. The summed E-state index contributed by atoms with van der Waals surface area (Å²) in [6, 6.07) is 3.44. The Morgan fingerprint density at radius 3 is 2.64 bits per heavy atom. The zero-order chi connectivity index (χ0) is 18.4. The molecule has 2 bridgehead atoms. The van der Waals surface area contributed by atoms with Crippen LogP contribution in [0, 0.1) is 17.8 Å². The van der Waals surface area contributed by atoms with E-state index in [1.807, 2.05) is 19.0 Å². The zero-order valence-corrected chi connectivity index (χ0v) is 14.4. The third kappa shape index (κ3) is 3.72. The monoisotopic (exact) mass is 359 g/mol. The number of alkyl halides is 3. The second-order valence-electron chi connectivity index (χ2n) is 7.66. The number of aliphatic hydroxyl groups is 1. The number of aromatic hydroxyl groups is 1. The molecule has 0 aliphatic heterocycles. The van der Waals surface area contributed by atoms with Gasteiger partial charge in [-0.15, -0.1) is 13.2 Å². The van der Waals surface area contributed by atoms with Gasteiger partial charge in [-0.05, 0) is 63.4 Å². The van der Waals surface area contributed by atoms with Crippen LogP contribution in [0.1, 0.15) is 31.2 Å². The average Bonchev–Trinajstić information content (AvgIpc) is 2.87. The number of phenols is 1. The van der Waals surface area contributed by atoms with Gasteiger partial charge in [-0.2, -0.15) is 0 Å². The van der Waals surface area contributed by atoms with Gasteiger partial charge in [-0.3, -0.25) is 0 Å². The summed E-state index contributed by atoms with van der Waals surface area (Å²) in [6.07, 6.45) is -1.52. The first-order valence-electron chi connectivity index (χ1n) is 8.55. The van der Waals surface area contributed by atoms with Crippen molar-refractivity contribution in [2.45, 2.75) is 37.6 Å². The predicted octanol–water partition coefficient (Wildman–Crippen LogP) is 3.48. The van der Waals surface area contributed by atoms with Crippen LogP contribution in [0.4, 0.5) is 13.2 Å². The molecule has 2 saturated carbocycles. The summed E-state index contributed by atoms with van der Waals surface area (Å²) < 4.78 is 42.6. The highest BCUT2D eigenvalue weighted by atomic mass is 19.4. The van der Waals surface area contributed by atoms with E-state index >= 15 is 0 Å². The number of rotatable bonds is 4. The van der Waals surface area contributed by atoms with E-state index in [1.54, 1.807) is 0 Å². The highest BCUT2D eigenvalue weighted by Gasteiger charge is 2.53. The first kappa shape index (κ1) is 18.3. The van der Waals surface area contributed by atoms with Gasteiger partial charge in [0.1, 0.15) is 11.5 Å². The number of nitrogens with zero attached hydrogens (tertiary/aromatic N) is 1. The lowest BCUT2D eigenvalue weighted by atomic mass is 9.65. The molecular formula is C18H24F3NO3. The molecule has 0 unspecified atom stereocenters. The lowest BCUT2D eigenvalue weighted by Crippen LogP contribution is -2.47. The van der Waals surface area contributed by atoms with Crippen molar-refractivity contribution >= 4 is 0 Å². The summed E-state index contributed by atoms with van der Waals surface area (Å²) >= 11 is 0. The van der Waals surface area contributed by atoms with Crippen molar-refractivity contribution in [1.29, 1.82) is 0 Å². The molecule has 0 amide bonds. The maximum atomic E-state index is 12.8. The zero-order valence-electron chi connectivity index (χ0n) is 14.4. The van der Waals surface area contributed by atoms with Crippen molar-refractivity contribution in [1.82, 2.24) is 4.90 Å². The van der Waals surface area contributed by atoms with Crippen LogP contribution < -0.4 is 4.74 Å². The molecule has 2 fully saturated rings. The third-order valence-electron chi connectivity index (χ3n) is 5.58. The molecule has 4 atom stereocenters. The minimum atomic E-state index is -4.85. The quantitative estimate of drug-likeness (QED) is 0.864. The average molecular weight is 359 g/mol. The van der Waals surface area contributed by atoms with Crippen LogP contribution in [0.2, 0.25) is 0 Å². The van der Waals surface area contributed by atoms with Crippen LogP contribution in [0.25, 0.3) is 0 Å². The molecule has 0 radical (unpaired) electrons. The summed E-state index contributed by atoms with van der Waals surface area (Å²) in [5.41, 5.74) is -1.42. The number of halogens is 3.